The largest absolute Gasteiger partial charge is 0.438 e. The summed E-state index contributed by atoms with van der Waals surface area (Å²) in [5.41, 5.74) is 8.49. The second-order valence-electron chi connectivity index (χ2n) is 8.59. The number of aromatic nitrogens is 2. The number of carbonyl (C=O) groups excluding carboxylic acids is 1. The number of anilines is 1. The zero-order valence-corrected chi connectivity index (χ0v) is 21.1. The number of sulfone groups is 1. The molecule has 0 aliphatic rings. The number of nitrogens with two attached hydrogens (primary N) is 1. The van der Waals surface area contributed by atoms with Crippen molar-refractivity contribution >= 4 is 21.4 Å². The summed E-state index contributed by atoms with van der Waals surface area (Å²) in [5, 5.41) is -0.333. The summed E-state index contributed by atoms with van der Waals surface area (Å²) in [6.45, 7) is 5.58. The molecule has 0 bridgehead atoms. The molecule has 7 nitrogen and oxygen atoms in total. The van der Waals surface area contributed by atoms with E-state index in [0.717, 1.165) is 28.8 Å². The van der Waals surface area contributed by atoms with Crippen LogP contribution in [0.1, 0.15) is 27.0 Å². The van der Waals surface area contributed by atoms with E-state index in [1.165, 1.54) is 36.4 Å². The smallest absolute Gasteiger partial charge is 0.230 e. The van der Waals surface area contributed by atoms with Gasteiger partial charge in [-0.1, -0.05) is 23.8 Å². The van der Waals surface area contributed by atoms with Crippen LogP contribution >= 0.6 is 0 Å². The van der Waals surface area contributed by atoms with Crippen LogP contribution in [-0.4, -0.2) is 29.9 Å². The lowest BCUT2D eigenvalue weighted by Gasteiger charge is -2.16. The summed E-state index contributed by atoms with van der Waals surface area (Å²) >= 11 is 0. The van der Waals surface area contributed by atoms with Crippen molar-refractivity contribution in [1.82, 2.24) is 9.97 Å². The molecule has 0 atom stereocenters. The van der Waals surface area contributed by atoms with E-state index >= 15 is 0 Å². The molecule has 0 saturated carbocycles. The van der Waals surface area contributed by atoms with Crippen LogP contribution in [-0.2, 0) is 9.84 Å². The molecular weight excluding hydrogens is 500 g/mol. The van der Waals surface area contributed by atoms with E-state index in [1.54, 1.807) is 0 Å². The van der Waals surface area contributed by atoms with Crippen LogP contribution in [0.4, 0.5) is 14.6 Å². The lowest BCUT2D eigenvalue weighted by molar-refractivity contribution is 0.101. The highest BCUT2D eigenvalue weighted by Crippen LogP contribution is 2.33. The molecule has 0 unspecified atom stereocenters. The first kappa shape index (κ1) is 25.9. The van der Waals surface area contributed by atoms with Crippen molar-refractivity contribution in [3.05, 3.63) is 94.6 Å². The third-order valence-corrected chi connectivity index (χ3v) is 7.07. The van der Waals surface area contributed by atoms with Gasteiger partial charge in [-0.15, -0.1) is 0 Å². The van der Waals surface area contributed by atoms with Gasteiger partial charge in [0.25, 0.3) is 0 Å². The molecule has 2 aromatic heterocycles. The molecule has 4 aromatic rings. The Morgan fingerprint density at radius 1 is 0.919 bits per heavy atom. The second-order valence-corrected chi connectivity index (χ2v) is 10.5. The van der Waals surface area contributed by atoms with Gasteiger partial charge in [0, 0.05) is 5.56 Å². The minimum atomic E-state index is -4.13. The standard InChI is InChI=1S/C27H23F2N3O4S/c1-15-11-16(2)26(17(3)12-15)36-27-19(8-10-22(31-27)18-7-9-20(28)21(29)13-18)23(33)14-37(34,35)25-6-4-5-24(30)32-25/h4-13H,14H2,1-3H3,(H2,30,32). The lowest BCUT2D eigenvalue weighted by Crippen LogP contribution is -2.19. The molecule has 0 aliphatic heterocycles. The Labute approximate surface area is 212 Å². The highest BCUT2D eigenvalue weighted by molar-refractivity contribution is 7.92. The zero-order valence-electron chi connectivity index (χ0n) is 20.2. The maximum atomic E-state index is 13.9. The van der Waals surface area contributed by atoms with Gasteiger partial charge in [0.1, 0.15) is 17.3 Å². The monoisotopic (exact) mass is 523 g/mol. The minimum Gasteiger partial charge on any atom is -0.438 e. The maximum absolute atomic E-state index is 13.9. The number of carbonyl (C=O) groups is 1. The number of pyridine rings is 2. The molecule has 0 radical (unpaired) electrons. The van der Waals surface area contributed by atoms with Gasteiger partial charge in [0.15, 0.2) is 22.4 Å². The quantitative estimate of drug-likeness (QED) is 0.324. The fourth-order valence-corrected chi connectivity index (χ4v) is 5.08. The Bertz CT molecular complexity index is 1620. The molecule has 37 heavy (non-hydrogen) atoms. The van der Waals surface area contributed by atoms with Crippen LogP contribution in [0.15, 0.2) is 65.7 Å². The second kappa shape index (κ2) is 10.1. The molecule has 0 saturated heterocycles. The Kier molecular flexibility index (Phi) is 7.04. The normalized spacial score (nSPS) is 11.4. The summed E-state index contributed by atoms with van der Waals surface area (Å²) in [6.07, 6.45) is 0. The van der Waals surface area contributed by atoms with Gasteiger partial charge in [-0.2, -0.15) is 0 Å². The van der Waals surface area contributed by atoms with Gasteiger partial charge in [-0.05, 0) is 74.4 Å². The van der Waals surface area contributed by atoms with Crippen molar-refractivity contribution in [3.63, 3.8) is 0 Å². The number of rotatable bonds is 7. The molecule has 0 spiro atoms. The summed E-state index contributed by atoms with van der Waals surface area (Å²) in [4.78, 5) is 21.4. The molecule has 10 heteroatoms. The van der Waals surface area contributed by atoms with Gasteiger partial charge in [-0.25, -0.2) is 27.2 Å². The lowest BCUT2D eigenvalue weighted by atomic mass is 10.1. The van der Waals surface area contributed by atoms with E-state index in [-0.39, 0.29) is 33.5 Å². The van der Waals surface area contributed by atoms with E-state index < -0.39 is 33.0 Å². The number of halogens is 2. The van der Waals surface area contributed by atoms with E-state index in [2.05, 4.69) is 9.97 Å². The van der Waals surface area contributed by atoms with E-state index in [9.17, 15) is 22.0 Å². The molecule has 2 heterocycles. The number of nitrogens with zero attached hydrogens (tertiary/aromatic N) is 2. The van der Waals surface area contributed by atoms with Gasteiger partial charge < -0.3 is 10.5 Å². The Morgan fingerprint density at radius 2 is 1.62 bits per heavy atom. The topological polar surface area (TPSA) is 112 Å². The summed E-state index contributed by atoms with van der Waals surface area (Å²) in [5.74, 6) is -3.50. The third-order valence-electron chi connectivity index (χ3n) is 5.56. The van der Waals surface area contributed by atoms with Crippen molar-refractivity contribution in [2.45, 2.75) is 25.8 Å². The number of Topliss-reactive ketones (excluding diaryl/α,β-unsaturated/α-hetero) is 1. The fraction of sp³-hybridized carbons (Fsp3) is 0.148. The Morgan fingerprint density at radius 3 is 2.27 bits per heavy atom. The van der Waals surface area contributed by atoms with Crippen molar-refractivity contribution in [3.8, 4) is 22.9 Å². The van der Waals surface area contributed by atoms with Crippen LogP contribution in [0.2, 0.25) is 0 Å². The molecular formula is C27H23F2N3O4S. The van der Waals surface area contributed by atoms with Crippen LogP contribution in [0, 0.1) is 32.4 Å². The van der Waals surface area contributed by atoms with Gasteiger partial charge >= 0.3 is 0 Å². The molecule has 0 amide bonds. The van der Waals surface area contributed by atoms with Crippen LogP contribution in [0.25, 0.3) is 11.3 Å². The highest BCUT2D eigenvalue weighted by atomic mass is 32.2. The predicted molar refractivity (Wildman–Crippen MR) is 135 cm³/mol. The van der Waals surface area contributed by atoms with E-state index in [1.807, 2.05) is 32.9 Å². The van der Waals surface area contributed by atoms with Gasteiger partial charge in [0.2, 0.25) is 15.7 Å². The number of aryl methyl sites for hydroxylation is 3. The first-order valence-electron chi connectivity index (χ1n) is 11.2. The SMILES string of the molecule is Cc1cc(C)c(Oc2nc(-c3ccc(F)c(F)c3)ccc2C(=O)CS(=O)(=O)c2cccc(N)n2)c(C)c1. The Balaban J connectivity index is 1.79. The molecule has 0 aliphatic carbocycles. The number of ether oxygens (including phenoxy) is 1. The predicted octanol–water partition coefficient (Wildman–Crippen LogP) is 5.38. The number of benzene rings is 2. The summed E-state index contributed by atoms with van der Waals surface area (Å²) < 4.78 is 59.1. The number of ketones is 1. The average molecular weight is 524 g/mol. The molecule has 4 rings (SSSR count). The van der Waals surface area contributed by atoms with Crippen molar-refractivity contribution in [2.75, 3.05) is 11.5 Å². The highest BCUT2D eigenvalue weighted by Gasteiger charge is 2.26. The van der Waals surface area contributed by atoms with Gasteiger partial charge in [-0.3, -0.25) is 4.79 Å². The average Bonchev–Trinajstić information content (AvgIpc) is 2.82. The molecule has 190 valence electrons. The van der Waals surface area contributed by atoms with Crippen LogP contribution < -0.4 is 10.5 Å². The molecule has 2 N–H and O–H groups in total. The van der Waals surface area contributed by atoms with E-state index in [0.29, 0.717) is 5.75 Å². The first-order chi connectivity index (χ1) is 17.4. The number of hydrogen-bond acceptors (Lipinski definition) is 7. The molecule has 0 fully saturated rings. The molecule has 2 aromatic carbocycles. The summed E-state index contributed by atoms with van der Waals surface area (Å²) in [6, 6.07) is 13.9. The van der Waals surface area contributed by atoms with Crippen LogP contribution in [0.3, 0.4) is 0 Å². The van der Waals surface area contributed by atoms with Crippen molar-refractivity contribution in [2.24, 2.45) is 0 Å². The van der Waals surface area contributed by atoms with Crippen molar-refractivity contribution in [1.29, 1.82) is 0 Å². The summed E-state index contributed by atoms with van der Waals surface area (Å²) in [7, 11) is -4.13. The van der Waals surface area contributed by atoms with E-state index in [4.69, 9.17) is 10.5 Å². The number of hydrogen-bond donors (Lipinski definition) is 1. The van der Waals surface area contributed by atoms with Crippen molar-refractivity contribution < 1.29 is 26.7 Å². The fourth-order valence-electron chi connectivity index (χ4n) is 3.90. The number of nitrogen functional groups attached to an aromatic ring is 1. The Hall–Kier alpha value is -4.18. The zero-order chi connectivity index (χ0) is 26.9. The van der Waals surface area contributed by atoms with Gasteiger partial charge in [0.05, 0.1) is 11.3 Å². The third kappa shape index (κ3) is 5.64. The van der Waals surface area contributed by atoms with Crippen LogP contribution in [0.5, 0.6) is 11.6 Å². The maximum Gasteiger partial charge on any atom is 0.230 e. The minimum absolute atomic E-state index is 0.000387. The first-order valence-corrected chi connectivity index (χ1v) is 12.8.